The molecule has 0 spiro atoms. The molecule has 0 saturated carbocycles. The molecule has 1 unspecified atom stereocenters. The van der Waals surface area contributed by atoms with E-state index < -0.39 is 67.1 Å². The van der Waals surface area contributed by atoms with Crippen LogP contribution in [0.1, 0.15) is 30.1 Å². The minimum absolute atomic E-state index is 0.0763. The van der Waals surface area contributed by atoms with Crippen LogP contribution >= 0.6 is 11.6 Å². The van der Waals surface area contributed by atoms with Crippen LogP contribution in [0.3, 0.4) is 0 Å². The highest BCUT2D eigenvalue weighted by molar-refractivity contribution is 6.33. The second kappa shape index (κ2) is 9.90. The number of carbonyl (C=O) groups excluding carboxylic acids is 4. The van der Waals surface area contributed by atoms with Crippen LogP contribution in [0.5, 0.6) is 0 Å². The molecule has 2 rings (SSSR count). The Bertz CT molecular complexity index is 944. The van der Waals surface area contributed by atoms with E-state index in [1.54, 1.807) is 0 Å². The van der Waals surface area contributed by atoms with E-state index in [1.807, 2.05) is 0 Å². The SMILES string of the molecule is C[C@H](NC(=O)c1ccc(N)c(Cl)c1)C(=O)N1CC(F)(F)CC1C(=O)N[C@H](C=O)CC(=O)O. The van der Waals surface area contributed by atoms with E-state index in [9.17, 15) is 32.8 Å². The molecule has 3 atom stereocenters. The van der Waals surface area contributed by atoms with Crippen LogP contribution in [0.15, 0.2) is 18.2 Å². The lowest BCUT2D eigenvalue weighted by atomic mass is 10.1. The summed E-state index contributed by atoms with van der Waals surface area (Å²) >= 11 is 5.86. The Hall–Kier alpha value is -3.28. The van der Waals surface area contributed by atoms with Crippen LogP contribution in [0, 0.1) is 0 Å². The maximum absolute atomic E-state index is 14.0. The molecule has 10 nitrogen and oxygen atoms in total. The number of rotatable bonds is 8. The molecule has 13 heteroatoms. The number of aliphatic carboxylic acids is 1. The van der Waals surface area contributed by atoms with Gasteiger partial charge in [-0.05, 0) is 25.1 Å². The number of likely N-dealkylation sites (tertiary alicyclic amines) is 1. The monoisotopic (exact) mass is 474 g/mol. The third-order valence-corrected chi connectivity index (χ3v) is 5.05. The topological polar surface area (TPSA) is 159 Å². The Labute approximate surface area is 186 Å². The van der Waals surface area contributed by atoms with E-state index in [1.165, 1.54) is 25.1 Å². The van der Waals surface area contributed by atoms with Gasteiger partial charge in [0.05, 0.1) is 29.7 Å². The number of amides is 3. The molecule has 0 radical (unpaired) electrons. The number of nitrogens with one attached hydrogen (secondary N) is 2. The first kappa shape index (κ1) is 25.0. The Morgan fingerprint density at radius 3 is 2.56 bits per heavy atom. The molecule has 1 fully saturated rings. The molecule has 5 N–H and O–H groups in total. The largest absolute Gasteiger partial charge is 0.481 e. The molecule has 32 heavy (non-hydrogen) atoms. The first-order valence-electron chi connectivity index (χ1n) is 9.36. The summed E-state index contributed by atoms with van der Waals surface area (Å²) in [6, 6.07) is -0.380. The normalized spacial score (nSPS) is 19.0. The lowest BCUT2D eigenvalue weighted by Gasteiger charge is -2.27. The maximum atomic E-state index is 14.0. The zero-order chi connectivity index (χ0) is 24.2. The van der Waals surface area contributed by atoms with Gasteiger partial charge in [0.1, 0.15) is 18.4 Å². The lowest BCUT2D eigenvalue weighted by Crippen LogP contribution is -2.54. The molecule has 1 aromatic carbocycles. The van der Waals surface area contributed by atoms with Crippen molar-refractivity contribution in [1.29, 1.82) is 0 Å². The number of nitrogens with two attached hydrogens (primary N) is 1. The second-order valence-corrected chi connectivity index (χ2v) is 7.73. The van der Waals surface area contributed by atoms with Gasteiger partial charge in [-0.15, -0.1) is 0 Å². The molecule has 1 saturated heterocycles. The quantitative estimate of drug-likeness (QED) is 0.314. The Balaban J connectivity index is 2.13. The van der Waals surface area contributed by atoms with Crippen molar-refractivity contribution in [2.75, 3.05) is 12.3 Å². The molecule has 1 aliphatic heterocycles. The van der Waals surface area contributed by atoms with Gasteiger partial charge in [-0.25, -0.2) is 8.78 Å². The maximum Gasteiger partial charge on any atom is 0.305 e. The van der Waals surface area contributed by atoms with Gasteiger partial charge in [0.25, 0.3) is 11.8 Å². The number of hydrogen-bond donors (Lipinski definition) is 4. The van der Waals surface area contributed by atoms with E-state index in [0.29, 0.717) is 4.90 Å². The molecule has 1 heterocycles. The van der Waals surface area contributed by atoms with Gasteiger partial charge < -0.3 is 31.2 Å². The summed E-state index contributed by atoms with van der Waals surface area (Å²) in [5, 5.41) is 13.3. The molecule has 0 aliphatic carbocycles. The number of anilines is 1. The van der Waals surface area contributed by atoms with E-state index >= 15 is 0 Å². The average molecular weight is 475 g/mol. The van der Waals surface area contributed by atoms with Crippen LogP contribution in [-0.2, 0) is 19.2 Å². The summed E-state index contributed by atoms with van der Waals surface area (Å²) in [6.07, 6.45) is -1.60. The lowest BCUT2D eigenvalue weighted by molar-refractivity contribution is -0.142. The number of carbonyl (C=O) groups is 5. The highest BCUT2D eigenvalue weighted by atomic mass is 35.5. The molecule has 1 aliphatic rings. The summed E-state index contributed by atoms with van der Waals surface area (Å²) in [7, 11) is 0. The van der Waals surface area contributed by atoms with Crippen molar-refractivity contribution in [2.24, 2.45) is 0 Å². The Morgan fingerprint density at radius 2 is 2.00 bits per heavy atom. The van der Waals surface area contributed by atoms with Crippen LogP contribution < -0.4 is 16.4 Å². The van der Waals surface area contributed by atoms with Gasteiger partial charge in [0, 0.05) is 12.0 Å². The van der Waals surface area contributed by atoms with Crippen LogP contribution in [0.4, 0.5) is 14.5 Å². The average Bonchev–Trinajstić information content (AvgIpc) is 3.03. The fraction of sp³-hybridized carbons (Fsp3) is 0.421. The van der Waals surface area contributed by atoms with E-state index in [-0.39, 0.29) is 22.6 Å². The smallest absolute Gasteiger partial charge is 0.305 e. The van der Waals surface area contributed by atoms with Gasteiger partial charge in [-0.3, -0.25) is 19.2 Å². The fourth-order valence-corrected chi connectivity index (χ4v) is 3.32. The molecular formula is C19H21ClF2N4O6. The highest BCUT2D eigenvalue weighted by Gasteiger charge is 2.51. The summed E-state index contributed by atoms with van der Waals surface area (Å²) in [5.41, 5.74) is 5.88. The van der Waals surface area contributed by atoms with Gasteiger partial charge in [0.2, 0.25) is 11.8 Å². The predicted molar refractivity (Wildman–Crippen MR) is 108 cm³/mol. The fourth-order valence-electron chi connectivity index (χ4n) is 3.14. The summed E-state index contributed by atoms with van der Waals surface area (Å²) < 4.78 is 28.0. The Kier molecular flexibility index (Phi) is 7.73. The number of aldehydes is 1. The van der Waals surface area contributed by atoms with E-state index in [4.69, 9.17) is 22.4 Å². The number of hydrogen-bond acceptors (Lipinski definition) is 6. The first-order valence-corrected chi connectivity index (χ1v) is 9.74. The predicted octanol–water partition coefficient (Wildman–Crippen LogP) is 0.435. The molecule has 0 bridgehead atoms. The zero-order valence-corrected chi connectivity index (χ0v) is 17.6. The van der Waals surface area contributed by atoms with E-state index in [2.05, 4.69) is 10.6 Å². The molecule has 1 aromatic rings. The number of benzene rings is 1. The Morgan fingerprint density at radius 1 is 1.34 bits per heavy atom. The molecular weight excluding hydrogens is 454 g/mol. The minimum Gasteiger partial charge on any atom is -0.481 e. The van der Waals surface area contributed by atoms with Crippen molar-refractivity contribution >= 4 is 47.3 Å². The molecule has 3 amide bonds. The van der Waals surface area contributed by atoms with Crippen molar-refractivity contribution in [3.05, 3.63) is 28.8 Å². The molecule has 0 aromatic heterocycles. The van der Waals surface area contributed by atoms with Crippen LogP contribution in [0.25, 0.3) is 0 Å². The number of halogens is 3. The minimum atomic E-state index is -3.39. The van der Waals surface area contributed by atoms with Gasteiger partial charge in [-0.1, -0.05) is 11.6 Å². The van der Waals surface area contributed by atoms with Gasteiger partial charge in [-0.2, -0.15) is 0 Å². The van der Waals surface area contributed by atoms with Crippen molar-refractivity contribution in [3.63, 3.8) is 0 Å². The standard InChI is InChI=1S/C19H21ClF2N4O6/c1-9(24-16(30)10-2-3-13(23)12(20)4-10)18(32)26-8-19(21,22)6-14(26)17(31)25-11(7-27)5-15(28)29/h2-4,7,9,11,14H,5-6,8,23H2,1H3,(H,24,30)(H,25,31)(H,28,29)/t9-,11-,14?/m0/s1. The number of carboxylic acid groups (broad SMARTS) is 1. The number of alkyl halides is 2. The van der Waals surface area contributed by atoms with Crippen molar-refractivity contribution in [1.82, 2.24) is 15.5 Å². The van der Waals surface area contributed by atoms with Crippen molar-refractivity contribution in [2.45, 2.75) is 43.8 Å². The summed E-state index contributed by atoms with van der Waals surface area (Å²) in [6.45, 7) is 0.172. The third kappa shape index (κ3) is 6.13. The summed E-state index contributed by atoms with van der Waals surface area (Å²) in [4.78, 5) is 59.9. The van der Waals surface area contributed by atoms with Gasteiger partial charge in [0.15, 0.2) is 0 Å². The number of nitrogens with zero attached hydrogens (tertiary/aromatic N) is 1. The first-order chi connectivity index (χ1) is 14.8. The van der Waals surface area contributed by atoms with E-state index in [0.717, 1.165) is 0 Å². The number of carboxylic acids is 1. The van der Waals surface area contributed by atoms with Crippen LogP contribution in [-0.4, -0.2) is 70.6 Å². The molecule has 174 valence electrons. The number of nitrogen functional groups attached to an aromatic ring is 1. The summed E-state index contributed by atoms with van der Waals surface area (Å²) in [5.74, 6) is -7.56. The zero-order valence-electron chi connectivity index (χ0n) is 16.8. The second-order valence-electron chi connectivity index (χ2n) is 7.32. The highest BCUT2D eigenvalue weighted by Crippen LogP contribution is 2.32. The van der Waals surface area contributed by atoms with Gasteiger partial charge >= 0.3 is 5.97 Å². The van der Waals surface area contributed by atoms with Crippen molar-refractivity contribution in [3.8, 4) is 0 Å². The third-order valence-electron chi connectivity index (χ3n) is 4.72. The van der Waals surface area contributed by atoms with Crippen LogP contribution in [0.2, 0.25) is 5.02 Å². The van der Waals surface area contributed by atoms with Crippen molar-refractivity contribution < 1.29 is 37.9 Å².